The second kappa shape index (κ2) is 7.13. The molecule has 5 heteroatoms. The molecule has 0 fully saturated rings. The quantitative estimate of drug-likeness (QED) is 0.844. The number of ether oxygens (including phenoxy) is 1. The van der Waals surface area contributed by atoms with Gasteiger partial charge in [-0.05, 0) is 38.0 Å². The monoisotopic (exact) mass is 303 g/mol. The van der Waals surface area contributed by atoms with Gasteiger partial charge in [0.05, 0.1) is 23.1 Å². The minimum atomic E-state index is -0.278. The van der Waals surface area contributed by atoms with Crippen LogP contribution < -0.4 is 5.73 Å². The predicted molar refractivity (Wildman–Crippen MR) is 78.8 cm³/mol. The Balaban J connectivity index is 3.13. The van der Waals surface area contributed by atoms with Crippen molar-refractivity contribution in [2.45, 2.75) is 39.2 Å². The molecule has 106 valence electrons. The summed E-state index contributed by atoms with van der Waals surface area (Å²) < 4.78 is 4.98. The van der Waals surface area contributed by atoms with Gasteiger partial charge in [-0.15, -0.1) is 0 Å². The van der Waals surface area contributed by atoms with Gasteiger partial charge in [0.2, 0.25) is 0 Å². The van der Waals surface area contributed by atoms with Crippen LogP contribution in [0.1, 0.15) is 37.3 Å². The van der Waals surface area contributed by atoms with Gasteiger partial charge in [0.25, 0.3) is 0 Å². The molecule has 0 saturated heterocycles. The van der Waals surface area contributed by atoms with Gasteiger partial charge in [0.1, 0.15) is 0 Å². The summed E-state index contributed by atoms with van der Waals surface area (Å²) in [6.45, 7) is 5.90. The Bertz CT molecular complexity index is 461. The Kier molecular flexibility index (Phi) is 6.11. The molecule has 1 aromatic rings. The Morgan fingerprint density at radius 2 is 2.05 bits per heavy atom. The number of hydrogen-bond acceptors (Lipinski definition) is 3. The lowest BCUT2D eigenvalue weighted by Crippen LogP contribution is -2.28. The summed E-state index contributed by atoms with van der Waals surface area (Å²) in [5.41, 5.74) is 7.80. The summed E-state index contributed by atoms with van der Waals surface area (Å²) in [6, 6.07) is 3.40. The highest BCUT2D eigenvalue weighted by molar-refractivity contribution is 6.42. The van der Waals surface area contributed by atoms with Gasteiger partial charge in [0, 0.05) is 12.0 Å². The summed E-state index contributed by atoms with van der Waals surface area (Å²) in [5, 5.41) is 0.935. The van der Waals surface area contributed by atoms with E-state index in [4.69, 9.17) is 33.7 Å². The Hall–Kier alpha value is -0.770. The molecule has 0 aromatic heterocycles. The van der Waals surface area contributed by atoms with Crippen LogP contribution in [0.4, 0.5) is 0 Å². The van der Waals surface area contributed by atoms with E-state index in [-0.39, 0.29) is 24.3 Å². The predicted octanol–water partition coefficient (Wildman–Crippen LogP) is 3.69. The number of halogens is 2. The van der Waals surface area contributed by atoms with E-state index < -0.39 is 0 Å². The highest BCUT2D eigenvalue weighted by Crippen LogP contribution is 2.36. The third kappa shape index (κ3) is 4.10. The second-order valence-electron chi connectivity index (χ2n) is 4.57. The summed E-state index contributed by atoms with van der Waals surface area (Å²) in [5.74, 6) is -0.481. The van der Waals surface area contributed by atoms with Crippen LogP contribution in [-0.2, 0) is 9.53 Å². The number of carbonyl (C=O) groups is 1. The van der Waals surface area contributed by atoms with Gasteiger partial charge in [0.15, 0.2) is 0 Å². The maximum Gasteiger partial charge on any atom is 0.306 e. The van der Waals surface area contributed by atoms with Crippen molar-refractivity contribution in [1.82, 2.24) is 0 Å². The van der Waals surface area contributed by atoms with Crippen LogP contribution in [-0.4, -0.2) is 18.6 Å². The molecule has 2 atom stereocenters. The average molecular weight is 304 g/mol. The maximum absolute atomic E-state index is 11.7. The summed E-state index contributed by atoms with van der Waals surface area (Å²) in [4.78, 5) is 11.7. The van der Waals surface area contributed by atoms with Crippen molar-refractivity contribution in [3.05, 3.63) is 33.3 Å². The van der Waals surface area contributed by atoms with Crippen LogP contribution in [0.25, 0.3) is 0 Å². The molecule has 0 unspecified atom stereocenters. The molecule has 0 spiro atoms. The molecule has 0 aliphatic heterocycles. The van der Waals surface area contributed by atoms with E-state index in [1.54, 1.807) is 13.0 Å². The van der Waals surface area contributed by atoms with Gasteiger partial charge in [-0.3, -0.25) is 4.79 Å². The van der Waals surface area contributed by atoms with E-state index in [1.807, 2.05) is 19.9 Å². The van der Waals surface area contributed by atoms with Crippen LogP contribution in [0.3, 0.4) is 0 Å². The van der Waals surface area contributed by atoms with Gasteiger partial charge in [-0.2, -0.15) is 0 Å². The number of esters is 1. The number of benzene rings is 1. The molecule has 3 nitrogen and oxygen atoms in total. The van der Waals surface area contributed by atoms with Crippen LogP contribution in [0, 0.1) is 6.92 Å². The summed E-state index contributed by atoms with van der Waals surface area (Å²) >= 11 is 12.3. The van der Waals surface area contributed by atoms with Crippen molar-refractivity contribution in [2.75, 3.05) is 6.61 Å². The third-order valence-corrected chi connectivity index (χ3v) is 3.87. The Morgan fingerprint density at radius 1 is 1.42 bits per heavy atom. The first-order valence-electron chi connectivity index (χ1n) is 6.24. The van der Waals surface area contributed by atoms with E-state index in [2.05, 4.69) is 0 Å². The number of aryl methyl sites for hydroxylation is 1. The lowest BCUT2D eigenvalue weighted by molar-refractivity contribution is -0.143. The Labute approximate surface area is 124 Å². The summed E-state index contributed by atoms with van der Waals surface area (Å²) in [6.07, 6.45) is 0.201. The van der Waals surface area contributed by atoms with E-state index in [0.29, 0.717) is 16.7 Å². The van der Waals surface area contributed by atoms with Crippen LogP contribution >= 0.6 is 23.2 Å². The fourth-order valence-electron chi connectivity index (χ4n) is 2.07. The molecule has 0 saturated carbocycles. The van der Waals surface area contributed by atoms with Crippen LogP contribution in [0.5, 0.6) is 0 Å². The van der Waals surface area contributed by atoms with Gasteiger partial charge >= 0.3 is 5.97 Å². The maximum atomic E-state index is 11.7. The van der Waals surface area contributed by atoms with Gasteiger partial charge in [-0.1, -0.05) is 29.3 Å². The molecule has 1 aromatic carbocycles. The van der Waals surface area contributed by atoms with Crippen molar-refractivity contribution in [3.63, 3.8) is 0 Å². The van der Waals surface area contributed by atoms with E-state index in [0.717, 1.165) is 11.1 Å². The molecule has 0 heterocycles. The number of rotatable bonds is 5. The van der Waals surface area contributed by atoms with Crippen molar-refractivity contribution < 1.29 is 9.53 Å². The molecule has 0 radical (unpaired) electrons. The topological polar surface area (TPSA) is 52.3 Å². The first-order chi connectivity index (χ1) is 8.88. The van der Waals surface area contributed by atoms with Gasteiger partial charge < -0.3 is 10.5 Å². The first kappa shape index (κ1) is 16.3. The van der Waals surface area contributed by atoms with Crippen LogP contribution in [0.2, 0.25) is 10.0 Å². The molecule has 0 aliphatic carbocycles. The third-order valence-electron chi connectivity index (χ3n) is 3.05. The normalized spacial score (nSPS) is 14.0. The van der Waals surface area contributed by atoms with E-state index >= 15 is 0 Å². The zero-order valence-electron chi connectivity index (χ0n) is 11.4. The zero-order valence-corrected chi connectivity index (χ0v) is 12.9. The smallest absolute Gasteiger partial charge is 0.306 e. The fourth-order valence-corrected chi connectivity index (χ4v) is 2.59. The molecule has 2 N–H and O–H groups in total. The molecular formula is C14H19Cl2NO2. The first-order valence-corrected chi connectivity index (χ1v) is 6.99. The molecule has 0 aliphatic rings. The van der Waals surface area contributed by atoms with Crippen LogP contribution in [0.15, 0.2) is 12.1 Å². The lowest BCUT2D eigenvalue weighted by atomic mass is 9.87. The van der Waals surface area contributed by atoms with Gasteiger partial charge in [-0.25, -0.2) is 0 Å². The standard InChI is InChI=1S/C14H19Cl2NO2/c1-4-19-12(18)7-10(9(3)17)13-8(2)5-6-11(15)14(13)16/h5-6,9-10H,4,7,17H2,1-3H3/t9-,10+/m1/s1. The van der Waals surface area contributed by atoms with Crippen molar-refractivity contribution in [3.8, 4) is 0 Å². The minimum Gasteiger partial charge on any atom is -0.466 e. The lowest BCUT2D eigenvalue weighted by Gasteiger charge is -2.24. The number of nitrogens with two attached hydrogens (primary N) is 1. The molecular weight excluding hydrogens is 285 g/mol. The highest BCUT2D eigenvalue weighted by Gasteiger charge is 2.25. The molecule has 0 bridgehead atoms. The highest BCUT2D eigenvalue weighted by atomic mass is 35.5. The van der Waals surface area contributed by atoms with E-state index in [1.165, 1.54) is 0 Å². The van der Waals surface area contributed by atoms with E-state index in [9.17, 15) is 4.79 Å². The average Bonchev–Trinajstić information content (AvgIpc) is 2.33. The van der Waals surface area contributed by atoms with Crippen molar-refractivity contribution in [1.29, 1.82) is 0 Å². The van der Waals surface area contributed by atoms with Crippen molar-refractivity contribution >= 4 is 29.2 Å². The fraction of sp³-hybridized carbons (Fsp3) is 0.500. The Morgan fingerprint density at radius 3 is 2.58 bits per heavy atom. The largest absolute Gasteiger partial charge is 0.466 e. The summed E-state index contributed by atoms with van der Waals surface area (Å²) in [7, 11) is 0. The SMILES string of the molecule is CCOC(=O)C[C@H](c1c(C)ccc(Cl)c1Cl)[C@@H](C)N. The van der Waals surface area contributed by atoms with Crippen molar-refractivity contribution in [2.24, 2.45) is 5.73 Å². The number of hydrogen-bond donors (Lipinski definition) is 1. The molecule has 1 rings (SSSR count). The molecule has 19 heavy (non-hydrogen) atoms. The second-order valence-corrected chi connectivity index (χ2v) is 5.35. The zero-order chi connectivity index (χ0) is 14.6. The molecule has 0 amide bonds. The number of carbonyl (C=O) groups excluding carboxylic acids is 1. The minimum absolute atomic E-state index is 0.201.